The van der Waals surface area contributed by atoms with Crippen LogP contribution in [0.5, 0.6) is 0 Å². The normalized spacial score (nSPS) is 10.3. The first-order chi connectivity index (χ1) is 9.93. The second-order valence-corrected chi connectivity index (χ2v) is 3.89. The molecule has 110 valence electrons. The van der Waals surface area contributed by atoms with Gasteiger partial charge in [-0.25, -0.2) is 27.3 Å². The van der Waals surface area contributed by atoms with E-state index < -0.39 is 34.9 Å². The molecular formula is C13H8F4N2O2. The lowest BCUT2D eigenvalue weighted by Crippen LogP contribution is -2.06. The number of anilines is 2. The molecule has 0 aliphatic carbocycles. The third kappa shape index (κ3) is 2.93. The fourth-order valence-electron chi connectivity index (χ4n) is 1.55. The van der Waals surface area contributed by atoms with Crippen LogP contribution < -0.4 is 5.32 Å². The van der Waals surface area contributed by atoms with Crippen molar-refractivity contribution in [1.82, 2.24) is 4.98 Å². The summed E-state index contributed by atoms with van der Waals surface area (Å²) in [5, 5.41) is 2.09. The zero-order valence-electron chi connectivity index (χ0n) is 10.6. The molecule has 4 nitrogen and oxygen atoms in total. The van der Waals surface area contributed by atoms with Crippen LogP contribution in [-0.2, 0) is 4.74 Å². The average Bonchev–Trinajstić information content (AvgIpc) is 2.49. The molecule has 8 heteroatoms. The number of ether oxygens (including phenoxy) is 1. The first kappa shape index (κ1) is 14.8. The Hall–Kier alpha value is -2.64. The van der Waals surface area contributed by atoms with E-state index >= 15 is 0 Å². The van der Waals surface area contributed by atoms with Gasteiger partial charge in [-0.2, -0.15) is 0 Å². The first-order valence-electron chi connectivity index (χ1n) is 5.58. The van der Waals surface area contributed by atoms with Crippen molar-refractivity contribution in [3.8, 4) is 0 Å². The Morgan fingerprint density at radius 1 is 1.14 bits per heavy atom. The van der Waals surface area contributed by atoms with Gasteiger partial charge < -0.3 is 10.1 Å². The lowest BCUT2D eigenvalue weighted by atomic mass is 10.2. The van der Waals surface area contributed by atoms with E-state index in [0.29, 0.717) is 0 Å². The minimum atomic E-state index is -1.60. The van der Waals surface area contributed by atoms with Gasteiger partial charge in [-0.05, 0) is 12.1 Å². The number of nitrogens with one attached hydrogen (secondary N) is 1. The smallest absolute Gasteiger partial charge is 0.338 e. The van der Waals surface area contributed by atoms with Crippen molar-refractivity contribution in [1.29, 1.82) is 0 Å². The molecule has 0 atom stereocenters. The van der Waals surface area contributed by atoms with Crippen LogP contribution in [0.2, 0.25) is 0 Å². The van der Waals surface area contributed by atoms with Gasteiger partial charge in [0.05, 0.1) is 12.7 Å². The topological polar surface area (TPSA) is 51.2 Å². The molecule has 0 radical (unpaired) electrons. The number of esters is 1. The van der Waals surface area contributed by atoms with Gasteiger partial charge in [0.15, 0.2) is 23.3 Å². The Balaban J connectivity index is 2.41. The van der Waals surface area contributed by atoms with Crippen LogP contribution in [-0.4, -0.2) is 18.1 Å². The molecule has 0 aliphatic rings. The highest BCUT2D eigenvalue weighted by Gasteiger charge is 2.20. The summed E-state index contributed by atoms with van der Waals surface area (Å²) in [7, 11) is 1.15. The van der Waals surface area contributed by atoms with Crippen molar-refractivity contribution < 1.29 is 27.1 Å². The van der Waals surface area contributed by atoms with Crippen LogP contribution in [0.25, 0.3) is 0 Å². The second-order valence-electron chi connectivity index (χ2n) is 3.89. The molecule has 1 aromatic carbocycles. The molecule has 0 saturated carbocycles. The van der Waals surface area contributed by atoms with Gasteiger partial charge >= 0.3 is 5.97 Å². The van der Waals surface area contributed by atoms with E-state index in [9.17, 15) is 22.4 Å². The molecule has 0 saturated heterocycles. The molecule has 1 aromatic heterocycles. The van der Waals surface area contributed by atoms with E-state index in [1.165, 1.54) is 12.3 Å². The van der Waals surface area contributed by atoms with Gasteiger partial charge in [0.25, 0.3) is 0 Å². The summed E-state index contributed by atoms with van der Waals surface area (Å²) in [6.07, 6.45) is 1.17. The Bertz CT molecular complexity index is 681. The number of nitrogens with zero attached hydrogens (tertiary/aromatic N) is 1. The lowest BCUT2D eigenvalue weighted by molar-refractivity contribution is 0.0600. The molecule has 0 aliphatic heterocycles. The summed E-state index contributed by atoms with van der Waals surface area (Å²) in [6.45, 7) is 0. The van der Waals surface area contributed by atoms with E-state index in [-0.39, 0.29) is 17.4 Å². The molecule has 2 rings (SSSR count). The first-order valence-corrected chi connectivity index (χ1v) is 5.58. The molecule has 0 fully saturated rings. The van der Waals surface area contributed by atoms with Crippen LogP contribution >= 0.6 is 0 Å². The van der Waals surface area contributed by atoms with E-state index in [1.54, 1.807) is 0 Å². The standard InChI is InChI=1S/C13H8F4N2O2/c1-21-13(20)6-2-3-18-9(4-6)19-12-10(16)7(14)5-8(15)11(12)17/h2-5H,1H3,(H,18,19). The summed E-state index contributed by atoms with van der Waals surface area (Å²) >= 11 is 0. The highest BCUT2D eigenvalue weighted by atomic mass is 19.2. The molecule has 21 heavy (non-hydrogen) atoms. The number of carbonyl (C=O) groups excluding carboxylic acids is 1. The van der Waals surface area contributed by atoms with Crippen LogP contribution in [0.4, 0.5) is 29.1 Å². The molecule has 1 N–H and O–H groups in total. The Morgan fingerprint density at radius 3 is 2.33 bits per heavy atom. The molecular weight excluding hydrogens is 292 g/mol. The number of hydrogen-bond donors (Lipinski definition) is 1. The predicted molar refractivity (Wildman–Crippen MR) is 65.1 cm³/mol. The largest absolute Gasteiger partial charge is 0.465 e. The van der Waals surface area contributed by atoms with E-state index in [2.05, 4.69) is 15.0 Å². The summed E-state index contributed by atoms with van der Waals surface area (Å²) in [4.78, 5) is 15.0. The monoisotopic (exact) mass is 300 g/mol. The van der Waals surface area contributed by atoms with Gasteiger partial charge in [-0.15, -0.1) is 0 Å². The summed E-state index contributed by atoms with van der Waals surface area (Å²) in [5.74, 6) is -7.19. The quantitative estimate of drug-likeness (QED) is 0.537. The number of halogens is 4. The Labute approximate surface area is 116 Å². The third-order valence-electron chi connectivity index (χ3n) is 2.55. The molecule has 1 heterocycles. The van der Waals surface area contributed by atoms with Crippen molar-refractivity contribution in [2.45, 2.75) is 0 Å². The number of aromatic nitrogens is 1. The number of carbonyl (C=O) groups is 1. The van der Waals surface area contributed by atoms with Crippen LogP contribution in [0.1, 0.15) is 10.4 Å². The number of pyridine rings is 1. The zero-order valence-corrected chi connectivity index (χ0v) is 10.6. The van der Waals surface area contributed by atoms with Gasteiger partial charge in [0, 0.05) is 12.3 Å². The Kier molecular flexibility index (Phi) is 4.06. The molecule has 0 unspecified atom stereocenters. The fourth-order valence-corrected chi connectivity index (χ4v) is 1.55. The average molecular weight is 300 g/mol. The van der Waals surface area contributed by atoms with E-state index in [4.69, 9.17) is 0 Å². The SMILES string of the molecule is COC(=O)c1ccnc(Nc2c(F)c(F)cc(F)c2F)c1. The van der Waals surface area contributed by atoms with Crippen molar-refractivity contribution in [2.75, 3.05) is 12.4 Å². The highest BCUT2D eigenvalue weighted by Crippen LogP contribution is 2.26. The van der Waals surface area contributed by atoms with Gasteiger partial charge in [-0.3, -0.25) is 0 Å². The minimum Gasteiger partial charge on any atom is -0.465 e. The number of rotatable bonds is 3. The Morgan fingerprint density at radius 2 is 1.76 bits per heavy atom. The van der Waals surface area contributed by atoms with Crippen molar-refractivity contribution >= 4 is 17.5 Å². The predicted octanol–water partition coefficient (Wildman–Crippen LogP) is 3.17. The van der Waals surface area contributed by atoms with E-state index in [0.717, 1.165) is 13.2 Å². The van der Waals surface area contributed by atoms with Crippen molar-refractivity contribution in [3.05, 3.63) is 53.2 Å². The molecule has 0 spiro atoms. The highest BCUT2D eigenvalue weighted by molar-refractivity contribution is 5.90. The third-order valence-corrected chi connectivity index (χ3v) is 2.55. The van der Waals surface area contributed by atoms with Crippen molar-refractivity contribution in [2.24, 2.45) is 0 Å². The summed E-state index contributed by atoms with van der Waals surface area (Å²) < 4.78 is 57.6. The van der Waals surface area contributed by atoms with Crippen LogP contribution in [0.3, 0.4) is 0 Å². The summed E-state index contributed by atoms with van der Waals surface area (Å²) in [6, 6.07) is 2.51. The maximum Gasteiger partial charge on any atom is 0.338 e. The minimum absolute atomic E-state index is 0.0488. The number of benzene rings is 1. The number of methoxy groups -OCH3 is 1. The van der Waals surface area contributed by atoms with E-state index in [1.807, 2.05) is 0 Å². The summed E-state index contributed by atoms with van der Waals surface area (Å²) in [5.41, 5.74) is -0.991. The van der Waals surface area contributed by atoms with Crippen LogP contribution in [0, 0.1) is 23.3 Å². The second kappa shape index (κ2) is 5.78. The van der Waals surface area contributed by atoms with Crippen molar-refractivity contribution in [3.63, 3.8) is 0 Å². The maximum absolute atomic E-state index is 13.5. The lowest BCUT2D eigenvalue weighted by Gasteiger charge is -2.10. The molecule has 0 bridgehead atoms. The fraction of sp³-hybridized carbons (Fsp3) is 0.0769. The van der Waals surface area contributed by atoms with Gasteiger partial charge in [0.2, 0.25) is 0 Å². The molecule has 0 amide bonds. The van der Waals surface area contributed by atoms with Crippen LogP contribution in [0.15, 0.2) is 24.4 Å². The molecule has 2 aromatic rings. The zero-order chi connectivity index (χ0) is 15.6. The number of hydrogen-bond acceptors (Lipinski definition) is 4. The maximum atomic E-state index is 13.5. The van der Waals surface area contributed by atoms with Gasteiger partial charge in [0.1, 0.15) is 11.5 Å². The van der Waals surface area contributed by atoms with Gasteiger partial charge in [-0.1, -0.05) is 0 Å².